The van der Waals surface area contributed by atoms with Crippen molar-refractivity contribution in [3.63, 3.8) is 0 Å². The first kappa shape index (κ1) is 25.7. The first-order valence-electron chi connectivity index (χ1n) is 13.4. The van der Waals surface area contributed by atoms with Crippen molar-refractivity contribution in [1.29, 1.82) is 5.26 Å². The number of methoxy groups -OCH3 is 1. The maximum absolute atomic E-state index is 9.67. The van der Waals surface area contributed by atoms with Crippen LogP contribution in [0.5, 0.6) is 5.75 Å². The van der Waals surface area contributed by atoms with Crippen LogP contribution in [0.4, 0.5) is 11.8 Å². The number of ether oxygens (including phenoxy) is 1. The largest absolute Gasteiger partial charge is 0.496 e. The molecule has 1 unspecified atom stereocenters. The molecule has 0 aliphatic heterocycles. The van der Waals surface area contributed by atoms with Gasteiger partial charge in [0, 0.05) is 50.4 Å². The van der Waals surface area contributed by atoms with E-state index in [9.17, 15) is 15.5 Å². The molecule has 5 N–H and O–H groups in total. The molecule has 5 atom stereocenters. The molecule has 4 aliphatic carbocycles. The molecular formula is C28H38N6O3. The molecule has 4 saturated carbocycles. The van der Waals surface area contributed by atoms with E-state index in [4.69, 9.17) is 4.74 Å². The monoisotopic (exact) mass is 506 g/mol. The highest BCUT2D eigenvalue weighted by Gasteiger charge is 2.55. The molecule has 9 heteroatoms. The molecule has 1 aromatic carbocycles. The van der Waals surface area contributed by atoms with Gasteiger partial charge >= 0.3 is 0 Å². The average molecular weight is 507 g/mol. The van der Waals surface area contributed by atoms with Crippen LogP contribution in [-0.4, -0.2) is 59.6 Å². The lowest BCUT2D eigenvalue weighted by atomic mass is 9.48. The summed E-state index contributed by atoms with van der Waals surface area (Å²) in [6.45, 7) is 2.01. The van der Waals surface area contributed by atoms with Crippen molar-refractivity contribution in [3.05, 3.63) is 41.6 Å². The molecule has 0 spiro atoms. The van der Waals surface area contributed by atoms with E-state index < -0.39 is 0 Å². The van der Waals surface area contributed by atoms with Crippen LogP contribution >= 0.6 is 0 Å². The fourth-order valence-electron chi connectivity index (χ4n) is 7.21. The normalized spacial score (nSPS) is 27.8. The summed E-state index contributed by atoms with van der Waals surface area (Å²) in [5, 5.41) is 39.1. The number of aliphatic hydroxyl groups is 2. The molecule has 198 valence electrons. The summed E-state index contributed by atoms with van der Waals surface area (Å²) in [7, 11) is 1.66. The SMILES string of the molecule is COc1ccccc1CNc1ncc(C#N)c(NC[C@]23CC4C[C@H](C2)[C@@H](NCC(CO)CO)[C@@H](C4)C3)n1. The molecule has 1 heterocycles. The molecule has 0 amide bonds. The van der Waals surface area contributed by atoms with Gasteiger partial charge in [0.25, 0.3) is 0 Å². The van der Waals surface area contributed by atoms with Gasteiger partial charge in [0.1, 0.15) is 23.2 Å². The zero-order valence-corrected chi connectivity index (χ0v) is 21.5. The maximum Gasteiger partial charge on any atom is 0.224 e. The summed E-state index contributed by atoms with van der Waals surface area (Å²) < 4.78 is 5.43. The third kappa shape index (κ3) is 5.52. The summed E-state index contributed by atoms with van der Waals surface area (Å²) >= 11 is 0. The highest BCUT2D eigenvalue weighted by molar-refractivity contribution is 5.53. The Hall–Kier alpha value is -2.93. The molecule has 2 aromatic rings. The molecule has 0 radical (unpaired) electrons. The van der Waals surface area contributed by atoms with Gasteiger partial charge in [0.15, 0.2) is 0 Å². The zero-order valence-electron chi connectivity index (χ0n) is 21.5. The van der Waals surface area contributed by atoms with Gasteiger partial charge in [-0.1, -0.05) is 18.2 Å². The molecular weight excluding hydrogens is 468 g/mol. The van der Waals surface area contributed by atoms with Gasteiger partial charge < -0.3 is 30.9 Å². The summed E-state index contributed by atoms with van der Waals surface area (Å²) in [6.07, 6.45) is 7.62. The van der Waals surface area contributed by atoms with E-state index in [0.29, 0.717) is 48.3 Å². The number of rotatable bonds is 12. The molecule has 37 heavy (non-hydrogen) atoms. The van der Waals surface area contributed by atoms with E-state index in [2.05, 4.69) is 32.0 Å². The van der Waals surface area contributed by atoms with E-state index in [1.165, 1.54) is 19.3 Å². The number of benzene rings is 1. The van der Waals surface area contributed by atoms with E-state index in [1.807, 2.05) is 24.3 Å². The number of nitriles is 1. The van der Waals surface area contributed by atoms with Crippen molar-refractivity contribution in [2.45, 2.75) is 44.7 Å². The van der Waals surface area contributed by atoms with Crippen LogP contribution in [0.3, 0.4) is 0 Å². The van der Waals surface area contributed by atoms with Gasteiger partial charge in [-0.3, -0.25) is 0 Å². The van der Waals surface area contributed by atoms with Crippen molar-refractivity contribution in [2.75, 3.05) is 44.0 Å². The fraction of sp³-hybridized carbons (Fsp3) is 0.607. The van der Waals surface area contributed by atoms with Gasteiger partial charge in [-0.25, -0.2) is 4.98 Å². The standard InChI is InChI=1S/C28H38N6O3/c1-37-24-5-3-2-4-20(24)13-31-27-32-14-23(11-29)26(34-27)33-17-28-8-18-6-21(9-28)25(22(7-18)10-28)30-12-19(15-35)16-36/h2-5,14,18-19,21-22,25,30,35-36H,6-10,12-13,15-17H2,1H3,(H2,31,32,33,34)/t18?,21-,22+,25-,28-. The topological polar surface area (TPSA) is 135 Å². The van der Waals surface area contributed by atoms with E-state index in [0.717, 1.165) is 36.6 Å². The number of hydrogen-bond donors (Lipinski definition) is 5. The Morgan fingerprint density at radius 3 is 2.59 bits per heavy atom. The average Bonchev–Trinajstić information content (AvgIpc) is 2.92. The number of nitrogens with one attached hydrogen (secondary N) is 3. The van der Waals surface area contributed by atoms with E-state index >= 15 is 0 Å². The molecule has 1 aromatic heterocycles. The Labute approximate surface area is 218 Å². The van der Waals surface area contributed by atoms with Gasteiger partial charge in [0.2, 0.25) is 5.95 Å². The Morgan fingerprint density at radius 1 is 1.14 bits per heavy atom. The number of anilines is 2. The molecule has 4 bridgehead atoms. The third-order valence-electron chi connectivity index (χ3n) is 8.73. The predicted octanol–water partition coefficient (Wildman–Crippen LogP) is 2.77. The van der Waals surface area contributed by atoms with Gasteiger partial charge in [-0.05, 0) is 61.3 Å². The number of aromatic nitrogens is 2. The van der Waals surface area contributed by atoms with Crippen molar-refractivity contribution >= 4 is 11.8 Å². The smallest absolute Gasteiger partial charge is 0.224 e. The lowest BCUT2D eigenvalue weighted by Crippen LogP contribution is -2.60. The highest BCUT2D eigenvalue weighted by Crippen LogP contribution is 2.60. The zero-order chi connectivity index (χ0) is 25.8. The first-order chi connectivity index (χ1) is 18.1. The first-order valence-corrected chi connectivity index (χ1v) is 13.4. The Bertz CT molecular complexity index is 1100. The fourth-order valence-corrected chi connectivity index (χ4v) is 7.21. The number of para-hydroxylation sites is 1. The van der Waals surface area contributed by atoms with Gasteiger partial charge in [0.05, 0.1) is 13.3 Å². The molecule has 0 saturated heterocycles. The second-order valence-corrected chi connectivity index (χ2v) is 11.2. The maximum atomic E-state index is 9.67. The summed E-state index contributed by atoms with van der Waals surface area (Å²) in [6, 6.07) is 10.5. The van der Waals surface area contributed by atoms with Crippen LogP contribution in [-0.2, 0) is 6.54 Å². The quantitative estimate of drug-likeness (QED) is 0.294. The minimum atomic E-state index is -0.0965. The molecule has 4 fully saturated rings. The Kier molecular flexibility index (Phi) is 7.79. The second-order valence-electron chi connectivity index (χ2n) is 11.2. The highest BCUT2D eigenvalue weighted by atomic mass is 16.5. The van der Waals surface area contributed by atoms with Crippen LogP contribution in [0.25, 0.3) is 0 Å². The van der Waals surface area contributed by atoms with Gasteiger partial charge in [-0.15, -0.1) is 0 Å². The third-order valence-corrected chi connectivity index (χ3v) is 8.73. The van der Waals surface area contributed by atoms with Crippen LogP contribution < -0.4 is 20.7 Å². The van der Waals surface area contributed by atoms with Crippen molar-refractivity contribution in [3.8, 4) is 11.8 Å². The Morgan fingerprint density at radius 2 is 1.89 bits per heavy atom. The van der Waals surface area contributed by atoms with E-state index in [1.54, 1.807) is 13.3 Å². The molecule has 6 rings (SSSR count). The van der Waals surface area contributed by atoms with Crippen LogP contribution in [0, 0.1) is 40.4 Å². The lowest BCUT2D eigenvalue weighted by molar-refractivity contribution is -0.0708. The van der Waals surface area contributed by atoms with Crippen LogP contribution in [0.1, 0.15) is 43.2 Å². The van der Waals surface area contributed by atoms with Crippen LogP contribution in [0.2, 0.25) is 0 Å². The minimum Gasteiger partial charge on any atom is -0.496 e. The summed E-state index contributed by atoms with van der Waals surface area (Å²) in [5.74, 6) is 3.75. The lowest BCUT2D eigenvalue weighted by Gasteiger charge is -2.60. The second kappa shape index (κ2) is 11.2. The summed E-state index contributed by atoms with van der Waals surface area (Å²) in [4.78, 5) is 9.00. The van der Waals surface area contributed by atoms with Crippen LogP contribution in [0.15, 0.2) is 30.5 Å². The van der Waals surface area contributed by atoms with E-state index in [-0.39, 0.29) is 24.5 Å². The predicted molar refractivity (Wildman–Crippen MR) is 141 cm³/mol. The number of aliphatic hydroxyl groups excluding tert-OH is 2. The van der Waals surface area contributed by atoms with Crippen molar-refractivity contribution in [1.82, 2.24) is 15.3 Å². The minimum absolute atomic E-state index is 0.0118. The molecule has 4 aliphatic rings. The number of nitrogens with zero attached hydrogens (tertiary/aromatic N) is 3. The Balaban J connectivity index is 1.23. The van der Waals surface area contributed by atoms with Gasteiger partial charge in [-0.2, -0.15) is 10.2 Å². The number of hydrogen-bond acceptors (Lipinski definition) is 9. The van der Waals surface area contributed by atoms with Crippen molar-refractivity contribution in [2.24, 2.45) is 29.1 Å². The van der Waals surface area contributed by atoms with Crippen molar-refractivity contribution < 1.29 is 14.9 Å². The summed E-state index contributed by atoms with van der Waals surface area (Å²) in [5.41, 5.74) is 1.67. The molecule has 9 nitrogen and oxygen atoms in total.